The lowest BCUT2D eigenvalue weighted by molar-refractivity contribution is -0.385. The molecule has 0 unspecified atom stereocenters. The number of aromatic nitrogens is 2. The quantitative estimate of drug-likeness (QED) is 0.435. The lowest BCUT2D eigenvalue weighted by atomic mass is 10.2. The molecule has 1 aromatic carbocycles. The maximum Gasteiger partial charge on any atom is 0.306 e. The van der Waals surface area contributed by atoms with Gasteiger partial charge in [0.1, 0.15) is 12.4 Å². The largest absolute Gasteiger partial charge is 0.378 e. The summed E-state index contributed by atoms with van der Waals surface area (Å²) in [7, 11) is -3.67. The van der Waals surface area contributed by atoms with E-state index in [-0.39, 0.29) is 29.5 Å². The summed E-state index contributed by atoms with van der Waals surface area (Å²) in [5.74, 6) is -0.347. The molecule has 0 saturated carbocycles. The number of amides is 1. The van der Waals surface area contributed by atoms with Crippen LogP contribution in [0.2, 0.25) is 0 Å². The minimum Gasteiger partial charge on any atom is -0.378 e. The number of morpholine rings is 1. The molecule has 2 saturated heterocycles. The molecule has 0 aliphatic carbocycles. The Labute approximate surface area is 197 Å². The van der Waals surface area contributed by atoms with E-state index in [2.05, 4.69) is 10.4 Å². The van der Waals surface area contributed by atoms with E-state index in [0.29, 0.717) is 45.1 Å². The van der Waals surface area contributed by atoms with Crippen molar-refractivity contribution in [3.05, 3.63) is 40.7 Å². The third-order valence-corrected chi connectivity index (χ3v) is 7.84. The normalized spacial score (nSPS) is 17.5. The molecule has 1 N–H and O–H groups in total. The van der Waals surface area contributed by atoms with Crippen LogP contribution in [0, 0.1) is 10.1 Å². The molecule has 1 aromatic heterocycles. The molecule has 184 valence electrons. The second-order valence-corrected chi connectivity index (χ2v) is 10.2. The lowest BCUT2D eigenvalue weighted by Crippen LogP contribution is -2.37. The number of benzene rings is 1. The zero-order chi connectivity index (χ0) is 24.1. The van der Waals surface area contributed by atoms with Crippen LogP contribution in [0.5, 0.6) is 0 Å². The van der Waals surface area contributed by atoms with Crippen molar-refractivity contribution in [3.63, 3.8) is 0 Å². The first kappa shape index (κ1) is 24.1. The highest BCUT2D eigenvalue weighted by Crippen LogP contribution is 2.31. The van der Waals surface area contributed by atoms with Gasteiger partial charge < -0.3 is 15.0 Å². The number of ether oxygens (including phenoxy) is 1. The Kier molecular flexibility index (Phi) is 7.44. The maximum absolute atomic E-state index is 13.2. The molecule has 1 amide bonds. The number of carbonyl (C=O) groups excluding carboxylic acids is 1. The number of aryl methyl sites for hydroxylation is 1. The number of hydrogen-bond donors (Lipinski definition) is 1. The average Bonchev–Trinajstić information content (AvgIpc) is 3.33. The summed E-state index contributed by atoms with van der Waals surface area (Å²) in [6.07, 6.45) is 5.09. The number of anilines is 2. The van der Waals surface area contributed by atoms with Crippen LogP contribution in [0.25, 0.3) is 0 Å². The summed E-state index contributed by atoms with van der Waals surface area (Å²) in [4.78, 5) is 25.2. The molecule has 2 aliphatic rings. The van der Waals surface area contributed by atoms with Gasteiger partial charge in [0.05, 0.1) is 34.4 Å². The number of rotatable bonds is 8. The minimum absolute atomic E-state index is 0.0183. The summed E-state index contributed by atoms with van der Waals surface area (Å²) >= 11 is 0. The van der Waals surface area contributed by atoms with Gasteiger partial charge in [-0.05, 0) is 31.0 Å². The number of piperidine rings is 1. The monoisotopic (exact) mass is 492 g/mol. The molecule has 2 aromatic rings. The number of sulfonamides is 1. The molecule has 2 fully saturated rings. The van der Waals surface area contributed by atoms with Crippen LogP contribution in [0.4, 0.5) is 17.1 Å². The van der Waals surface area contributed by atoms with Crippen molar-refractivity contribution in [1.29, 1.82) is 0 Å². The Morgan fingerprint density at radius 2 is 1.88 bits per heavy atom. The highest BCUT2D eigenvalue weighted by Gasteiger charge is 2.27. The zero-order valence-electron chi connectivity index (χ0n) is 18.8. The van der Waals surface area contributed by atoms with E-state index in [1.807, 2.05) is 4.90 Å². The molecule has 3 heterocycles. The second kappa shape index (κ2) is 10.5. The van der Waals surface area contributed by atoms with Gasteiger partial charge in [-0.1, -0.05) is 6.42 Å². The van der Waals surface area contributed by atoms with Crippen LogP contribution in [0.3, 0.4) is 0 Å². The van der Waals surface area contributed by atoms with E-state index in [1.165, 1.54) is 21.3 Å². The molecule has 13 heteroatoms. The van der Waals surface area contributed by atoms with Crippen molar-refractivity contribution in [3.8, 4) is 0 Å². The van der Waals surface area contributed by atoms with Gasteiger partial charge in [0.2, 0.25) is 15.9 Å². The third kappa shape index (κ3) is 5.54. The first-order valence-corrected chi connectivity index (χ1v) is 12.7. The van der Waals surface area contributed by atoms with Gasteiger partial charge in [0.25, 0.3) is 0 Å². The van der Waals surface area contributed by atoms with Gasteiger partial charge in [-0.2, -0.15) is 9.40 Å². The summed E-state index contributed by atoms with van der Waals surface area (Å²) < 4.78 is 34.6. The van der Waals surface area contributed by atoms with Crippen LogP contribution in [-0.4, -0.2) is 72.7 Å². The number of carbonyl (C=O) groups is 1. The highest BCUT2D eigenvalue weighted by molar-refractivity contribution is 7.89. The summed E-state index contributed by atoms with van der Waals surface area (Å²) in [5, 5.41) is 17.6. The van der Waals surface area contributed by atoms with Crippen molar-refractivity contribution in [1.82, 2.24) is 14.1 Å². The van der Waals surface area contributed by atoms with E-state index in [1.54, 1.807) is 12.1 Å². The molecule has 12 nitrogen and oxygen atoms in total. The zero-order valence-corrected chi connectivity index (χ0v) is 19.6. The Hall–Kier alpha value is -3.03. The summed E-state index contributed by atoms with van der Waals surface area (Å²) in [6, 6.07) is 4.84. The molecule has 0 radical (unpaired) electrons. The van der Waals surface area contributed by atoms with Crippen LogP contribution in [0.1, 0.15) is 25.7 Å². The molecule has 0 bridgehead atoms. The molecule has 0 atom stereocenters. The summed E-state index contributed by atoms with van der Waals surface area (Å²) in [6.45, 7) is 3.46. The Morgan fingerprint density at radius 3 is 2.56 bits per heavy atom. The van der Waals surface area contributed by atoms with Crippen molar-refractivity contribution in [2.24, 2.45) is 0 Å². The lowest BCUT2D eigenvalue weighted by Gasteiger charge is -2.31. The fourth-order valence-corrected chi connectivity index (χ4v) is 5.65. The van der Waals surface area contributed by atoms with Crippen molar-refractivity contribution >= 4 is 33.0 Å². The number of nitrogens with zero attached hydrogens (tertiary/aromatic N) is 5. The minimum atomic E-state index is -3.67. The van der Waals surface area contributed by atoms with Gasteiger partial charge in [0.15, 0.2) is 0 Å². The average molecular weight is 493 g/mol. The second-order valence-electron chi connectivity index (χ2n) is 8.26. The predicted molar refractivity (Wildman–Crippen MR) is 124 cm³/mol. The van der Waals surface area contributed by atoms with Crippen molar-refractivity contribution < 1.29 is 22.9 Å². The van der Waals surface area contributed by atoms with Gasteiger partial charge in [-0.3, -0.25) is 19.6 Å². The van der Waals surface area contributed by atoms with Gasteiger partial charge in [-0.15, -0.1) is 0 Å². The van der Waals surface area contributed by atoms with Crippen LogP contribution >= 0.6 is 0 Å². The maximum atomic E-state index is 13.2. The van der Waals surface area contributed by atoms with E-state index >= 15 is 0 Å². The fraction of sp³-hybridized carbons (Fsp3) is 0.524. The van der Waals surface area contributed by atoms with Crippen LogP contribution in [-0.2, 0) is 26.1 Å². The van der Waals surface area contributed by atoms with E-state index in [0.717, 1.165) is 31.1 Å². The number of hydrogen-bond acceptors (Lipinski definition) is 8. The Bertz CT molecular complexity index is 1140. The topological polar surface area (TPSA) is 140 Å². The van der Waals surface area contributed by atoms with Crippen molar-refractivity contribution in [2.75, 3.05) is 49.6 Å². The van der Waals surface area contributed by atoms with Crippen molar-refractivity contribution in [2.45, 2.75) is 37.1 Å². The first-order valence-electron chi connectivity index (χ1n) is 11.3. The molecular formula is C21H28N6O6S. The van der Waals surface area contributed by atoms with Gasteiger partial charge >= 0.3 is 5.69 Å². The van der Waals surface area contributed by atoms with Gasteiger partial charge in [-0.25, -0.2) is 8.42 Å². The SMILES string of the molecule is O=C(CCn1cc([N+](=O)[O-])cn1)Nc1cc(S(=O)(=O)N2CCCCC2)ccc1N1CCOCC1. The first-order chi connectivity index (χ1) is 16.3. The number of nitro groups is 1. The Balaban J connectivity index is 1.54. The summed E-state index contributed by atoms with van der Waals surface area (Å²) in [5.41, 5.74) is 0.992. The molecule has 0 spiro atoms. The number of nitrogens with one attached hydrogen (secondary N) is 1. The van der Waals surface area contributed by atoms with E-state index < -0.39 is 14.9 Å². The molecular weight excluding hydrogens is 464 g/mol. The van der Waals surface area contributed by atoms with Crippen LogP contribution < -0.4 is 10.2 Å². The van der Waals surface area contributed by atoms with Gasteiger partial charge in [0, 0.05) is 39.1 Å². The third-order valence-electron chi connectivity index (χ3n) is 5.95. The molecule has 34 heavy (non-hydrogen) atoms. The smallest absolute Gasteiger partial charge is 0.306 e. The highest BCUT2D eigenvalue weighted by atomic mass is 32.2. The fourth-order valence-electron chi connectivity index (χ4n) is 4.11. The Morgan fingerprint density at radius 1 is 1.15 bits per heavy atom. The van der Waals surface area contributed by atoms with E-state index in [9.17, 15) is 23.3 Å². The molecule has 2 aliphatic heterocycles. The van der Waals surface area contributed by atoms with Crippen LogP contribution in [0.15, 0.2) is 35.5 Å². The standard InChI is InChI=1S/C21H28N6O6S/c28-21(6-9-25-16-17(15-22-25)27(29)30)23-19-14-18(34(31,32)26-7-2-1-3-8-26)4-5-20(19)24-10-12-33-13-11-24/h4-5,14-16H,1-3,6-13H2,(H,23,28). The van der Waals surface area contributed by atoms with E-state index in [4.69, 9.17) is 4.74 Å². The molecule has 4 rings (SSSR count). The predicted octanol–water partition coefficient (Wildman–Crippen LogP) is 1.83.